The van der Waals surface area contributed by atoms with Gasteiger partial charge in [0.05, 0.1) is 0 Å². The number of carbonyl (C=O) groups excluding carboxylic acids is 2. The van der Waals surface area contributed by atoms with Crippen molar-refractivity contribution in [3.05, 3.63) is 11.6 Å². The van der Waals surface area contributed by atoms with Crippen molar-refractivity contribution in [2.45, 2.75) is 119 Å². The lowest BCUT2D eigenvalue weighted by Gasteiger charge is -2.73. The largest absolute Gasteiger partial charge is 0.464 e. The van der Waals surface area contributed by atoms with Crippen molar-refractivity contribution in [2.24, 2.45) is 56.7 Å². The van der Waals surface area contributed by atoms with Crippen LogP contribution in [0.1, 0.15) is 113 Å². The van der Waals surface area contributed by atoms with Gasteiger partial charge in [-0.25, -0.2) is 0 Å². The first-order valence-electron chi connectivity index (χ1n) is 14.6. The van der Waals surface area contributed by atoms with Gasteiger partial charge in [-0.05, 0) is 128 Å². The number of rotatable bonds is 4. The molecule has 0 aromatic heterocycles. The van der Waals surface area contributed by atoms with Crippen molar-refractivity contribution in [1.82, 2.24) is 0 Å². The van der Waals surface area contributed by atoms with Gasteiger partial charge in [0, 0.05) is 5.41 Å². The van der Waals surface area contributed by atoms with E-state index in [-0.39, 0.29) is 11.5 Å². The number of hydrogen-bond donors (Lipinski definition) is 0. The summed E-state index contributed by atoms with van der Waals surface area (Å²) in [6.45, 7) is 18.2. The average molecular weight is 483 g/mol. The van der Waals surface area contributed by atoms with Gasteiger partial charge in [0.1, 0.15) is 12.4 Å². The smallest absolute Gasteiger partial charge is 0.293 e. The molecule has 0 aromatic carbocycles. The molecule has 0 N–H and O–H groups in total. The highest BCUT2D eigenvalue weighted by atomic mass is 16.5. The molecule has 0 amide bonds. The molecule has 10 atom stereocenters. The van der Waals surface area contributed by atoms with Gasteiger partial charge in [-0.2, -0.15) is 0 Å². The van der Waals surface area contributed by atoms with Crippen LogP contribution < -0.4 is 0 Å². The second-order valence-corrected chi connectivity index (χ2v) is 15.1. The molecule has 0 spiro atoms. The van der Waals surface area contributed by atoms with E-state index in [1.165, 1.54) is 63.4 Å². The quantitative estimate of drug-likeness (QED) is 0.303. The molecule has 0 radical (unpaired) electrons. The second-order valence-electron chi connectivity index (χ2n) is 15.1. The first-order chi connectivity index (χ1) is 16.4. The highest BCUT2D eigenvalue weighted by Crippen LogP contribution is 2.77. The van der Waals surface area contributed by atoms with Gasteiger partial charge < -0.3 is 4.74 Å². The summed E-state index contributed by atoms with van der Waals surface area (Å²) < 4.78 is 5.66. The molecule has 196 valence electrons. The number of aldehydes is 1. The van der Waals surface area contributed by atoms with Crippen LogP contribution in [0.15, 0.2) is 11.6 Å². The highest BCUT2D eigenvalue weighted by molar-refractivity contribution is 5.66. The van der Waals surface area contributed by atoms with Crippen molar-refractivity contribution in [3.8, 4) is 0 Å². The van der Waals surface area contributed by atoms with E-state index in [1.54, 1.807) is 0 Å². The fraction of sp³-hybridized carbons (Fsp3) is 0.875. The third kappa shape index (κ3) is 3.27. The van der Waals surface area contributed by atoms with Crippen LogP contribution in [0.4, 0.5) is 0 Å². The van der Waals surface area contributed by atoms with Gasteiger partial charge in [-0.3, -0.25) is 9.59 Å². The lowest BCUT2D eigenvalue weighted by atomic mass is 9.32. The van der Waals surface area contributed by atoms with Crippen LogP contribution in [0.5, 0.6) is 0 Å². The van der Waals surface area contributed by atoms with Gasteiger partial charge in [0.25, 0.3) is 6.47 Å². The summed E-state index contributed by atoms with van der Waals surface area (Å²) in [6.07, 6.45) is 15.7. The Morgan fingerprint density at radius 3 is 2.20 bits per heavy atom. The van der Waals surface area contributed by atoms with Crippen LogP contribution in [-0.4, -0.2) is 18.9 Å². The maximum atomic E-state index is 11.4. The zero-order valence-corrected chi connectivity index (χ0v) is 23.5. The Balaban J connectivity index is 1.51. The van der Waals surface area contributed by atoms with E-state index in [2.05, 4.69) is 48.5 Å². The zero-order chi connectivity index (χ0) is 25.4. The van der Waals surface area contributed by atoms with Crippen molar-refractivity contribution < 1.29 is 14.3 Å². The number of carbonyl (C=O) groups is 2. The minimum absolute atomic E-state index is 0.0332. The summed E-state index contributed by atoms with van der Waals surface area (Å²) in [5.41, 5.74) is 2.83. The zero-order valence-electron chi connectivity index (χ0n) is 23.5. The normalized spacial score (nSPS) is 52.9. The minimum Gasteiger partial charge on any atom is -0.464 e. The predicted octanol–water partition coefficient (Wildman–Crippen LogP) is 7.77. The average Bonchev–Trinajstić information content (AvgIpc) is 3.14. The molecule has 0 aliphatic heterocycles. The van der Waals surface area contributed by atoms with Crippen molar-refractivity contribution in [2.75, 3.05) is 0 Å². The number of hydrogen-bond acceptors (Lipinski definition) is 3. The standard InChI is InChI=1S/C32H50O3/c1-21(13-19-33)22-10-14-29(4)17-18-31(6)23(27(22)29)8-9-25-30(5)15-12-26(35-20-34)28(2,3)24(30)11-16-32(25,31)7/h13,19-20,22-27H,8-12,14-18H2,1-7H3/b21-13+/t22-,23?,24?,25+,26-,27+,29+,30-,31+,32+/m0/s1. The second kappa shape index (κ2) is 8.19. The lowest BCUT2D eigenvalue weighted by Crippen LogP contribution is -2.66. The van der Waals surface area contributed by atoms with E-state index < -0.39 is 0 Å². The van der Waals surface area contributed by atoms with Crippen LogP contribution >= 0.6 is 0 Å². The summed E-state index contributed by atoms with van der Waals surface area (Å²) in [7, 11) is 0. The monoisotopic (exact) mass is 482 g/mol. The van der Waals surface area contributed by atoms with Crippen LogP contribution in [0.2, 0.25) is 0 Å². The summed E-state index contributed by atoms with van der Waals surface area (Å²) in [4.78, 5) is 22.6. The Morgan fingerprint density at radius 2 is 1.51 bits per heavy atom. The lowest BCUT2D eigenvalue weighted by molar-refractivity contribution is -0.247. The van der Waals surface area contributed by atoms with E-state index in [0.29, 0.717) is 45.9 Å². The number of allylic oxidation sites excluding steroid dienone is 2. The fourth-order valence-electron chi connectivity index (χ4n) is 12.0. The maximum Gasteiger partial charge on any atom is 0.293 e. The third-order valence-electron chi connectivity index (χ3n) is 13.9. The van der Waals surface area contributed by atoms with Gasteiger partial charge in [-0.15, -0.1) is 0 Å². The molecule has 0 bridgehead atoms. The number of ether oxygens (including phenoxy) is 1. The predicted molar refractivity (Wildman–Crippen MR) is 141 cm³/mol. The molecule has 5 aliphatic rings. The fourth-order valence-corrected chi connectivity index (χ4v) is 12.0. The molecular weight excluding hydrogens is 432 g/mol. The summed E-state index contributed by atoms with van der Waals surface area (Å²) in [6, 6.07) is 0. The maximum absolute atomic E-state index is 11.4. The minimum atomic E-state index is 0.0332. The molecule has 0 saturated heterocycles. The van der Waals surface area contributed by atoms with E-state index in [1.807, 2.05) is 6.08 Å². The van der Waals surface area contributed by atoms with Crippen LogP contribution in [0.3, 0.4) is 0 Å². The van der Waals surface area contributed by atoms with Crippen molar-refractivity contribution in [1.29, 1.82) is 0 Å². The summed E-state index contributed by atoms with van der Waals surface area (Å²) >= 11 is 0. The Labute approximate surface area is 214 Å². The molecule has 35 heavy (non-hydrogen) atoms. The van der Waals surface area contributed by atoms with E-state index in [0.717, 1.165) is 24.5 Å². The van der Waals surface area contributed by atoms with Crippen LogP contribution in [0, 0.1) is 56.7 Å². The topological polar surface area (TPSA) is 43.4 Å². The molecule has 0 heterocycles. The van der Waals surface area contributed by atoms with Gasteiger partial charge in [0.2, 0.25) is 0 Å². The molecule has 3 nitrogen and oxygen atoms in total. The summed E-state index contributed by atoms with van der Waals surface area (Å²) in [5, 5.41) is 0. The van der Waals surface area contributed by atoms with E-state index >= 15 is 0 Å². The molecule has 5 saturated carbocycles. The molecule has 0 aromatic rings. The molecule has 5 aliphatic carbocycles. The Hall–Kier alpha value is -1.12. The highest BCUT2D eigenvalue weighted by Gasteiger charge is 2.70. The van der Waals surface area contributed by atoms with Crippen LogP contribution in [0.25, 0.3) is 0 Å². The summed E-state index contributed by atoms with van der Waals surface area (Å²) in [5.74, 6) is 3.40. The Bertz CT molecular complexity index is 904. The molecule has 5 rings (SSSR count). The van der Waals surface area contributed by atoms with Gasteiger partial charge >= 0.3 is 0 Å². The van der Waals surface area contributed by atoms with Crippen molar-refractivity contribution >= 4 is 12.8 Å². The molecule has 2 unspecified atom stereocenters. The molecule has 5 fully saturated rings. The third-order valence-corrected chi connectivity index (χ3v) is 13.9. The van der Waals surface area contributed by atoms with Crippen molar-refractivity contribution in [3.63, 3.8) is 0 Å². The molecule has 3 heteroatoms. The van der Waals surface area contributed by atoms with E-state index in [9.17, 15) is 9.59 Å². The Kier molecular flexibility index (Phi) is 5.97. The number of fused-ring (bicyclic) bond motifs is 7. The first-order valence-corrected chi connectivity index (χ1v) is 14.6. The van der Waals surface area contributed by atoms with Gasteiger partial charge in [0.15, 0.2) is 0 Å². The SMILES string of the molecule is C/C(=C\C=O)[C@@H]1CC[C@]2(C)CC[C@]3(C)C(CC[C@@H]4[C@@]5(C)CC[C@H](OC=O)C(C)(C)C5CC[C@]43C)[C@@H]12. The molecular formula is C32H50O3. The van der Waals surface area contributed by atoms with E-state index in [4.69, 9.17) is 4.74 Å². The van der Waals surface area contributed by atoms with Gasteiger partial charge in [-0.1, -0.05) is 47.1 Å². The van der Waals surface area contributed by atoms with Crippen LogP contribution in [-0.2, 0) is 14.3 Å². The first kappa shape index (κ1) is 25.5. The Morgan fingerprint density at radius 1 is 0.771 bits per heavy atom.